The number of esters is 1. The highest BCUT2D eigenvalue weighted by molar-refractivity contribution is 9.10. The van der Waals surface area contributed by atoms with Gasteiger partial charge in [-0.1, -0.05) is 0 Å². The van der Waals surface area contributed by atoms with Crippen molar-refractivity contribution >= 4 is 33.2 Å². The Hall–Kier alpha value is -0.390. The smallest absolute Gasteiger partial charge is 0.322 e. The van der Waals surface area contributed by atoms with E-state index >= 15 is 0 Å². The highest BCUT2D eigenvalue weighted by Gasteiger charge is 2.12. The number of carbonyl (C=O) groups is 1. The summed E-state index contributed by atoms with van der Waals surface area (Å²) in [5.74, 6) is -0.234. The summed E-state index contributed by atoms with van der Waals surface area (Å²) < 4.78 is 5.74. The number of aryl methyl sites for hydroxylation is 1. The molecule has 84 valence electrons. The lowest BCUT2D eigenvalue weighted by atomic mass is 10.3. The molecule has 0 aromatic carbocycles. The Morgan fingerprint density at radius 3 is 2.87 bits per heavy atom. The fourth-order valence-electron chi connectivity index (χ4n) is 1.12. The van der Waals surface area contributed by atoms with Crippen molar-refractivity contribution in [1.82, 2.24) is 5.32 Å². The standard InChI is InChI=1S/C10H14BrNO2S/c1-6(10(13)14-3)12-5-8-4-9(11)7(2)15-8/h4,6,12H,5H2,1-3H3. The Labute approximate surface area is 102 Å². The van der Waals surface area contributed by atoms with E-state index < -0.39 is 0 Å². The highest BCUT2D eigenvalue weighted by atomic mass is 79.9. The van der Waals surface area contributed by atoms with Gasteiger partial charge in [0.15, 0.2) is 0 Å². The summed E-state index contributed by atoms with van der Waals surface area (Å²) in [6.45, 7) is 4.54. The van der Waals surface area contributed by atoms with Crippen LogP contribution >= 0.6 is 27.3 Å². The highest BCUT2D eigenvalue weighted by Crippen LogP contribution is 2.26. The van der Waals surface area contributed by atoms with Crippen LogP contribution in [0, 0.1) is 6.92 Å². The largest absolute Gasteiger partial charge is 0.468 e. The van der Waals surface area contributed by atoms with Crippen LogP contribution in [0.15, 0.2) is 10.5 Å². The minimum Gasteiger partial charge on any atom is -0.468 e. The Bertz CT molecular complexity index is 332. The van der Waals surface area contributed by atoms with Crippen LogP contribution in [0.1, 0.15) is 16.7 Å². The number of hydrogen-bond donors (Lipinski definition) is 1. The molecule has 1 aromatic rings. The number of halogens is 1. The number of rotatable bonds is 4. The predicted molar refractivity (Wildman–Crippen MR) is 65.1 cm³/mol. The molecule has 5 heteroatoms. The number of carbonyl (C=O) groups excluding carboxylic acids is 1. The van der Waals surface area contributed by atoms with Gasteiger partial charge in [0.2, 0.25) is 0 Å². The zero-order chi connectivity index (χ0) is 11.4. The monoisotopic (exact) mass is 291 g/mol. The molecule has 1 rings (SSSR count). The number of hydrogen-bond acceptors (Lipinski definition) is 4. The van der Waals surface area contributed by atoms with Gasteiger partial charge in [-0.2, -0.15) is 0 Å². The normalized spacial score (nSPS) is 12.5. The average Bonchev–Trinajstić information content (AvgIpc) is 2.54. The van der Waals surface area contributed by atoms with Gasteiger partial charge in [-0.05, 0) is 35.8 Å². The first-order valence-corrected chi connectivity index (χ1v) is 6.21. The van der Waals surface area contributed by atoms with Crippen molar-refractivity contribution in [2.75, 3.05) is 7.11 Å². The summed E-state index contributed by atoms with van der Waals surface area (Å²) in [5, 5.41) is 3.11. The number of thiophene rings is 1. The molecule has 3 nitrogen and oxygen atoms in total. The van der Waals surface area contributed by atoms with Gasteiger partial charge in [-0.3, -0.25) is 10.1 Å². The van der Waals surface area contributed by atoms with E-state index in [0.717, 1.165) is 4.47 Å². The van der Waals surface area contributed by atoms with Crippen molar-refractivity contribution in [2.45, 2.75) is 26.4 Å². The Morgan fingerprint density at radius 2 is 2.40 bits per heavy atom. The molecule has 0 saturated heterocycles. The third kappa shape index (κ3) is 3.59. The maximum atomic E-state index is 11.1. The van der Waals surface area contributed by atoms with Crippen molar-refractivity contribution in [2.24, 2.45) is 0 Å². The first kappa shape index (κ1) is 12.7. The molecule has 1 heterocycles. The molecule has 1 atom stereocenters. The quantitative estimate of drug-likeness (QED) is 0.866. The third-order valence-corrected chi connectivity index (χ3v) is 4.18. The van der Waals surface area contributed by atoms with E-state index in [1.54, 1.807) is 18.3 Å². The van der Waals surface area contributed by atoms with Gasteiger partial charge in [-0.15, -0.1) is 11.3 Å². The maximum Gasteiger partial charge on any atom is 0.322 e. The molecule has 0 spiro atoms. The predicted octanol–water partition coefficient (Wildman–Crippen LogP) is 2.47. The van der Waals surface area contributed by atoms with Crippen molar-refractivity contribution in [3.63, 3.8) is 0 Å². The van der Waals surface area contributed by atoms with Crippen molar-refractivity contribution < 1.29 is 9.53 Å². The topological polar surface area (TPSA) is 38.3 Å². The van der Waals surface area contributed by atoms with Gasteiger partial charge < -0.3 is 4.74 Å². The average molecular weight is 292 g/mol. The van der Waals surface area contributed by atoms with Crippen LogP contribution < -0.4 is 5.32 Å². The zero-order valence-electron chi connectivity index (χ0n) is 8.96. The molecular weight excluding hydrogens is 278 g/mol. The molecule has 1 unspecified atom stereocenters. The Morgan fingerprint density at radius 1 is 1.73 bits per heavy atom. The molecule has 0 radical (unpaired) electrons. The van der Waals surface area contributed by atoms with Gasteiger partial charge in [0, 0.05) is 20.8 Å². The van der Waals surface area contributed by atoms with Gasteiger partial charge in [-0.25, -0.2) is 0 Å². The van der Waals surface area contributed by atoms with Crippen LogP contribution in [0.2, 0.25) is 0 Å². The molecule has 0 aliphatic carbocycles. The number of ether oxygens (including phenoxy) is 1. The molecule has 0 aliphatic heterocycles. The minimum atomic E-state index is -0.267. The Kier molecular flexibility index (Phi) is 4.76. The zero-order valence-corrected chi connectivity index (χ0v) is 11.4. The second-order valence-electron chi connectivity index (χ2n) is 3.24. The summed E-state index contributed by atoms with van der Waals surface area (Å²) in [6.07, 6.45) is 0. The lowest BCUT2D eigenvalue weighted by molar-refractivity contribution is -0.142. The van der Waals surface area contributed by atoms with E-state index in [9.17, 15) is 4.79 Å². The summed E-state index contributed by atoms with van der Waals surface area (Å²) in [7, 11) is 1.40. The summed E-state index contributed by atoms with van der Waals surface area (Å²) in [4.78, 5) is 13.6. The molecule has 0 amide bonds. The lowest BCUT2D eigenvalue weighted by Gasteiger charge is -2.09. The Balaban J connectivity index is 2.47. The van der Waals surface area contributed by atoms with Crippen LogP contribution in [0.5, 0.6) is 0 Å². The van der Waals surface area contributed by atoms with Crippen LogP contribution in [-0.4, -0.2) is 19.1 Å². The fourth-order valence-corrected chi connectivity index (χ4v) is 2.67. The molecule has 1 N–H and O–H groups in total. The fraction of sp³-hybridized carbons (Fsp3) is 0.500. The van der Waals surface area contributed by atoms with Crippen molar-refractivity contribution in [3.8, 4) is 0 Å². The van der Waals surface area contributed by atoms with Crippen LogP contribution in [0.4, 0.5) is 0 Å². The van der Waals surface area contributed by atoms with Gasteiger partial charge in [0.1, 0.15) is 6.04 Å². The molecule has 0 saturated carbocycles. The van der Waals surface area contributed by atoms with Gasteiger partial charge >= 0.3 is 5.97 Å². The van der Waals surface area contributed by atoms with Crippen molar-refractivity contribution in [1.29, 1.82) is 0 Å². The number of nitrogens with one attached hydrogen (secondary N) is 1. The lowest BCUT2D eigenvalue weighted by Crippen LogP contribution is -2.34. The second-order valence-corrected chi connectivity index (χ2v) is 5.44. The SMILES string of the molecule is COC(=O)C(C)NCc1cc(Br)c(C)s1. The molecule has 15 heavy (non-hydrogen) atoms. The van der Waals surface area contributed by atoms with E-state index in [4.69, 9.17) is 0 Å². The first-order valence-electron chi connectivity index (χ1n) is 4.60. The van der Waals surface area contributed by atoms with Crippen LogP contribution in [-0.2, 0) is 16.1 Å². The summed E-state index contributed by atoms with van der Waals surface area (Å²) in [6, 6.07) is 1.80. The van der Waals surface area contributed by atoms with Crippen molar-refractivity contribution in [3.05, 3.63) is 20.3 Å². The summed E-state index contributed by atoms with van der Waals surface area (Å²) in [5.41, 5.74) is 0. The molecule has 0 bridgehead atoms. The van der Waals surface area contributed by atoms with Crippen LogP contribution in [0.25, 0.3) is 0 Å². The third-order valence-electron chi connectivity index (χ3n) is 2.05. The second kappa shape index (κ2) is 5.63. The summed E-state index contributed by atoms with van der Waals surface area (Å²) >= 11 is 5.17. The van der Waals surface area contributed by atoms with E-state index in [2.05, 4.69) is 39.0 Å². The van der Waals surface area contributed by atoms with Gasteiger partial charge in [0.25, 0.3) is 0 Å². The first-order chi connectivity index (χ1) is 7.04. The molecular formula is C10H14BrNO2S. The van der Waals surface area contributed by atoms with E-state index in [0.29, 0.717) is 6.54 Å². The van der Waals surface area contributed by atoms with Gasteiger partial charge in [0.05, 0.1) is 7.11 Å². The van der Waals surface area contributed by atoms with E-state index in [1.807, 2.05) is 0 Å². The minimum absolute atomic E-state index is 0.234. The van der Waals surface area contributed by atoms with E-state index in [1.165, 1.54) is 16.9 Å². The molecule has 1 aromatic heterocycles. The maximum absolute atomic E-state index is 11.1. The van der Waals surface area contributed by atoms with E-state index in [-0.39, 0.29) is 12.0 Å². The molecule has 0 fully saturated rings. The number of methoxy groups -OCH3 is 1. The molecule has 0 aliphatic rings. The van der Waals surface area contributed by atoms with Crippen LogP contribution in [0.3, 0.4) is 0 Å².